The number of benzene rings is 2. The Morgan fingerprint density at radius 2 is 1.97 bits per heavy atom. The van der Waals surface area contributed by atoms with E-state index in [0.717, 1.165) is 30.6 Å². The number of anilines is 3. The maximum Gasteiger partial charge on any atom is 0.323 e. The molecule has 1 atom stereocenters. The van der Waals surface area contributed by atoms with E-state index in [4.69, 9.17) is 14.7 Å². The summed E-state index contributed by atoms with van der Waals surface area (Å²) in [6, 6.07) is 14.1. The topological polar surface area (TPSA) is 104 Å². The predicted octanol–water partition coefficient (Wildman–Crippen LogP) is 3.36. The fourth-order valence-electron chi connectivity index (χ4n) is 3.52. The molecule has 0 aliphatic carbocycles. The highest BCUT2D eigenvalue weighted by atomic mass is 16.5. The first-order valence-electron chi connectivity index (χ1n) is 10.1. The third-order valence-electron chi connectivity index (χ3n) is 5.11. The Morgan fingerprint density at radius 3 is 2.61 bits per heavy atom. The summed E-state index contributed by atoms with van der Waals surface area (Å²) in [5.41, 5.74) is 3.56. The quantitative estimate of drug-likeness (QED) is 0.632. The highest BCUT2D eigenvalue weighted by Crippen LogP contribution is 2.32. The van der Waals surface area contributed by atoms with Gasteiger partial charge in [-0.25, -0.2) is 4.79 Å². The van der Waals surface area contributed by atoms with E-state index in [1.54, 1.807) is 31.4 Å². The van der Waals surface area contributed by atoms with Crippen LogP contribution in [0.25, 0.3) is 0 Å². The number of nitriles is 1. The van der Waals surface area contributed by atoms with Gasteiger partial charge in [-0.05, 0) is 42.0 Å². The van der Waals surface area contributed by atoms with Crippen LogP contribution in [0.15, 0.2) is 42.5 Å². The van der Waals surface area contributed by atoms with Gasteiger partial charge in [0, 0.05) is 38.2 Å². The van der Waals surface area contributed by atoms with Crippen molar-refractivity contribution in [2.24, 2.45) is 0 Å². The summed E-state index contributed by atoms with van der Waals surface area (Å²) in [6.45, 7) is 3.10. The van der Waals surface area contributed by atoms with Gasteiger partial charge in [-0.15, -0.1) is 0 Å². The molecule has 1 heterocycles. The van der Waals surface area contributed by atoms with E-state index in [1.165, 1.54) is 0 Å². The number of nitrogens with one attached hydrogen (secondary N) is 2. The standard InChI is InChI=1S/C23H26N4O4/c1-30-16-19(8-11-28)18-4-7-22(27-9-12-31-13-10-27)21(14-18)26-23(29)25-20-5-2-17(15-24)3-6-20/h2-7,11,14,19H,8-10,12-13,16H2,1H3,(H2,25,26,29). The summed E-state index contributed by atoms with van der Waals surface area (Å²) in [5, 5.41) is 14.6. The van der Waals surface area contributed by atoms with Crippen molar-refractivity contribution in [2.75, 3.05) is 55.6 Å². The number of amides is 2. The third-order valence-corrected chi connectivity index (χ3v) is 5.11. The molecule has 1 saturated heterocycles. The van der Waals surface area contributed by atoms with Gasteiger partial charge in [0.15, 0.2) is 0 Å². The Kier molecular flexibility index (Phi) is 7.98. The third kappa shape index (κ3) is 6.04. The van der Waals surface area contributed by atoms with Crippen molar-refractivity contribution in [3.05, 3.63) is 53.6 Å². The molecule has 31 heavy (non-hydrogen) atoms. The van der Waals surface area contributed by atoms with E-state index in [2.05, 4.69) is 15.5 Å². The molecule has 2 N–H and O–H groups in total. The summed E-state index contributed by atoms with van der Waals surface area (Å²) in [4.78, 5) is 26.0. The predicted molar refractivity (Wildman–Crippen MR) is 119 cm³/mol. The van der Waals surface area contributed by atoms with Gasteiger partial charge in [-0.1, -0.05) is 6.07 Å². The van der Waals surface area contributed by atoms with Crippen LogP contribution in [0, 0.1) is 11.3 Å². The number of urea groups is 1. The number of carbonyl (C=O) groups excluding carboxylic acids is 2. The molecule has 0 spiro atoms. The second kappa shape index (κ2) is 11.1. The molecule has 1 aliphatic rings. The van der Waals surface area contributed by atoms with Crippen LogP contribution in [0.1, 0.15) is 23.5 Å². The average molecular weight is 422 g/mol. The van der Waals surface area contributed by atoms with E-state index in [0.29, 0.717) is 43.2 Å². The number of ether oxygens (including phenoxy) is 2. The second-order valence-corrected chi connectivity index (χ2v) is 7.20. The van der Waals surface area contributed by atoms with Crippen LogP contribution < -0.4 is 15.5 Å². The van der Waals surface area contributed by atoms with Gasteiger partial charge in [0.25, 0.3) is 0 Å². The molecule has 0 aromatic heterocycles. The number of carbonyl (C=O) groups is 2. The fourth-order valence-corrected chi connectivity index (χ4v) is 3.52. The molecule has 162 valence electrons. The Morgan fingerprint density at radius 1 is 1.23 bits per heavy atom. The van der Waals surface area contributed by atoms with Crippen LogP contribution in [0.4, 0.5) is 21.9 Å². The van der Waals surface area contributed by atoms with Gasteiger partial charge in [0.05, 0.1) is 42.8 Å². The van der Waals surface area contributed by atoms with Crippen LogP contribution in [-0.4, -0.2) is 52.3 Å². The monoisotopic (exact) mass is 422 g/mol. The first kappa shape index (κ1) is 22.3. The van der Waals surface area contributed by atoms with Gasteiger partial charge in [-0.3, -0.25) is 0 Å². The number of aldehydes is 1. The van der Waals surface area contributed by atoms with Crippen LogP contribution in [0.2, 0.25) is 0 Å². The maximum atomic E-state index is 12.7. The number of hydrogen-bond acceptors (Lipinski definition) is 6. The zero-order chi connectivity index (χ0) is 22.1. The summed E-state index contributed by atoms with van der Waals surface area (Å²) < 4.78 is 10.7. The Labute approximate surface area is 181 Å². The lowest BCUT2D eigenvalue weighted by Crippen LogP contribution is -2.37. The number of nitrogens with zero attached hydrogens (tertiary/aromatic N) is 2. The van der Waals surface area contributed by atoms with E-state index in [9.17, 15) is 9.59 Å². The first-order chi connectivity index (χ1) is 15.1. The summed E-state index contributed by atoms with van der Waals surface area (Å²) in [5.74, 6) is -0.0941. The Balaban J connectivity index is 1.84. The molecule has 8 nitrogen and oxygen atoms in total. The molecule has 0 radical (unpaired) electrons. The molecule has 2 amide bonds. The lowest BCUT2D eigenvalue weighted by Gasteiger charge is -2.31. The lowest BCUT2D eigenvalue weighted by molar-refractivity contribution is -0.108. The largest absolute Gasteiger partial charge is 0.384 e. The molecule has 3 rings (SSSR count). The molecule has 1 aliphatic heterocycles. The fraction of sp³-hybridized carbons (Fsp3) is 0.348. The smallest absolute Gasteiger partial charge is 0.323 e. The zero-order valence-electron chi connectivity index (χ0n) is 17.5. The van der Waals surface area contributed by atoms with Gasteiger partial charge >= 0.3 is 6.03 Å². The van der Waals surface area contributed by atoms with E-state index in [1.807, 2.05) is 24.3 Å². The molecule has 2 aromatic rings. The normalized spacial score (nSPS) is 14.4. The molecule has 8 heteroatoms. The minimum atomic E-state index is -0.393. The second-order valence-electron chi connectivity index (χ2n) is 7.20. The van der Waals surface area contributed by atoms with Crippen molar-refractivity contribution in [2.45, 2.75) is 12.3 Å². The molecular weight excluding hydrogens is 396 g/mol. The lowest BCUT2D eigenvalue weighted by atomic mass is 9.96. The van der Waals surface area contributed by atoms with Gasteiger partial charge in [-0.2, -0.15) is 5.26 Å². The minimum absolute atomic E-state index is 0.0941. The van der Waals surface area contributed by atoms with Crippen molar-refractivity contribution >= 4 is 29.4 Å². The van der Waals surface area contributed by atoms with Gasteiger partial charge in [0.2, 0.25) is 0 Å². The van der Waals surface area contributed by atoms with Crippen LogP contribution in [0.3, 0.4) is 0 Å². The van der Waals surface area contributed by atoms with Crippen LogP contribution >= 0.6 is 0 Å². The maximum absolute atomic E-state index is 12.7. The minimum Gasteiger partial charge on any atom is -0.384 e. The van der Waals surface area contributed by atoms with Crippen LogP contribution in [-0.2, 0) is 14.3 Å². The number of methoxy groups -OCH3 is 1. The van der Waals surface area contributed by atoms with Crippen LogP contribution in [0.5, 0.6) is 0 Å². The molecule has 2 aromatic carbocycles. The van der Waals surface area contributed by atoms with Gasteiger partial charge < -0.3 is 29.8 Å². The number of hydrogen-bond donors (Lipinski definition) is 2. The molecule has 0 bridgehead atoms. The van der Waals surface area contributed by atoms with Crippen molar-refractivity contribution < 1.29 is 19.1 Å². The molecule has 0 saturated carbocycles. The molecule has 1 fully saturated rings. The molecule has 1 unspecified atom stereocenters. The average Bonchev–Trinajstić information content (AvgIpc) is 2.80. The highest BCUT2D eigenvalue weighted by Gasteiger charge is 2.19. The summed E-state index contributed by atoms with van der Waals surface area (Å²) >= 11 is 0. The summed E-state index contributed by atoms with van der Waals surface area (Å²) in [7, 11) is 1.60. The number of morpholine rings is 1. The Bertz CT molecular complexity index is 934. The van der Waals surface area contributed by atoms with E-state index in [-0.39, 0.29) is 5.92 Å². The number of rotatable bonds is 8. The van der Waals surface area contributed by atoms with E-state index >= 15 is 0 Å². The first-order valence-corrected chi connectivity index (χ1v) is 10.1. The van der Waals surface area contributed by atoms with Crippen molar-refractivity contribution in [1.82, 2.24) is 0 Å². The zero-order valence-corrected chi connectivity index (χ0v) is 17.5. The van der Waals surface area contributed by atoms with Gasteiger partial charge in [0.1, 0.15) is 6.29 Å². The highest BCUT2D eigenvalue weighted by molar-refractivity contribution is 6.02. The van der Waals surface area contributed by atoms with Crippen molar-refractivity contribution in [1.29, 1.82) is 5.26 Å². The van der Waals surface area contributed by atoms with Crippen molar-refractivity contribution in [3.8, 4) is 6.07 Å². The Hall–Kier alpha value is -3.41. The van der Waals surface area contributed by atoms with Crippen molar-refractivity contribution in [3.63, 3.8) is 0 Å². The SMILES string of the molecule is COCC(CC=O)c1ccc(N2CCOCC2)c(NC(=O)Nc2ccc(C#N)cc2)c1. The summed E-state index contributed by atoms with van der Waals surface area (Å²) in [6.07, 6.45) is 1.21. The van der Waals surface area contributed by atoms with E-state index < -0.39 is 6.03 Å². The molecular formula is C23H26N4O4.